The Kier molecular flexibility index (Phi) is 8.61. The number of hydrogen-bond acceptors (Lipinski definition) is 1. The normalized spacial score (nSPS) is 12.2. The fraction of sp³-hybridized carbons (Fsp3) is 0.278. The highest BCUT2D eigenvalue weighted by atomic mass is 127. The summed E-state index contributed by atoms with van der Waals surface area (Å²) in [6, 6.07) is 17.0. The molecule has 0 aromatic heterocycles. The summed E-state index contributed by atoms with van der Waals surface area (Å²) < 4.78 is 13.6. The molecule has 0 amide bonds. The molecule has 0 saturated carbocycles. The van der Waals surface area contributed by atoms with E-state index in [0.29, 0.717) is 18.1 Å². The predicted octanol–water partition coefficient (Wildman–Crippen LogP) is 4.26. The van der Waals surface area contributed by atoms with Gasteiger partial charge in [0.05, 0.1) is 12.6 Å². The van der Waals surface area contributed by atoms with Gasteiger partial charge in [-0.05, 0) is 25.5 Å². The summed E-state index contributed by atoms with van der Waals surface area (Å²) in [5.74, 6) is 0.459. The predicted molar refractivity (Wildman–Crippen MR) is 105 cm³/mol. The van der Waals surface area contributed by atoms with Crippen LogP contribution in [-0.4, -0.2) is 12.5 Å². The molecule has 0 aliphatic heterocycles. The molecule has 2 aromatic carbocycles. The number of halogens is 2. The van der Waals surface area contributed by atoms with Crippen LogP contribution in [0.3, 0.4) is 0 Å². The Morgan fingerprint density at radius 2 is 1.74 bits per heavy atom. The average Bonchev–Trinajstić information content (AvgIpc) is 2.55. The van der Waals surface area contributed by atoms with E-state index in [1.165, 1.54) is 11.6 Å². The third kappa shape index (κ3) is 6.17. The Bertz CT molecular complexity index is 617. The zero-order chi connectivity index (χ0) is 15.8. The smallest absolute Gasteiger partial charge is 0.192 e. The molecular weight excluding hydrogens is 404 g/mol. The summed E-state index contributed by atoms with van der Waals surface area (Å²) in [5, 5.41) is 6.53. The van der Waals surface area contributed by atoms with Crippen molar-refractivity contribution in [3.63, 3.8) is 0 Å². The summed E-state index contributed by atoms with van der Waals surface area (Å²) in [6.45, 7) is 5.15. The first kappa shape index (κ1) is 19.4. The third-order valence-corrected chi connectivity index (χ3v) is 3.36. The minimum absolute atomic E-state index is 0. The van der Waals surface area contributed by atoms with Gasteiger partial charge in [-0.1, -0.05) is 48.5 Å². The molecule has 0 heterocycles. The Labute approximate surface area is 154 Å². The Morgan fingerprint density at radius 3 is 2.39 bits per heavy atom. The van der Waals surface area contributed by atoms with Crippen LogP contribution in [0.5, 0.6) is 0 Å². The lowest BCUT2D eigenvalue weighted by molar-refractivity contribution is 0.609. The second kappa shape index (κ2) is 10.2. The van der Waals surface area contributed by atoms with Gasteiger partial charge in [0, 0.05) is 12.1 Å². The van der Waals surface area contributed by atoms with Crippen LogP contribution in [0.15, 0.2) is 59.6 Å². The molecule has 5 heteroatoms. The van der Waals surface area contributed by atoms with Crippen molar-refractivity contribution in [3.05, 3.63) is 71.5 Å². The summed E-state index contributed by atoms with van der Waals surface area (Å²) in [5.41, 5.74) is 1.77. The van der Waals surface area contributed by atoms with Crippen LogP contribution >= 0.6 is 24.0 Å². The van der Waals surface area contributed by atoms with Crippen LogP contribution in [0, 0.1) is 5.82 Å². The molecule has 0 aliphatic carbocycles. The highest BCUT2D eigenvalue weighted by Gasteiger charge is 2.07. The van der Waals surface area contributed by atoms with Gasteiger partial charge in [-0.2, -0.15) is 0 Å². The number of hydrogen-bond donors (Lipinski definition) is 2. The number of nitrogens with zero attached hydrogens (tertiary/aromatic N) is 1. The standard InChI is InChI=1S/C18H22FN3.HI/c1-3-20-18(21-13-16-11-7-8-12-17(16)19)22-14(2)15-9-5-4-6-10-15;/h4-12,14H,3,13H2,1-2H3,(H2,20,21,22);1H. The summed E-state index contributed by atoms with van der Waals surface area (Å²) in [6.07, 6.45) is 0. The minimum atomic E-state index is -0.224. The number of nitrogens with one attached hydrogen (secondary N) is 2. The first-order valence-corrected chi connectivity index (χ1v) is 7.54. The van der Waals surface area contributed by atoms with Crippen molar-refractivity contribution >= 4 is 29.9 Å². The first-order valence-electron chi connectivity index (χ1n) is 7.54. The van der Waals surface area contributed by atoms with Crippen LogP contribution < -0.4 is 10.6 Å². The van der Waals surface area contributed by atoms with Crippen LogP contribution in [0.2, 0.25) is 0 Å². The lowest BCUT2D eigenvalue weighted by Crippen LogP contribution is -2.38. The number of aliphatic imine (C=N–C) groups is 1. The molecule has 1 atom stereocenters. The van der Waals surface area contributed by atoms with Gasteiger partial charge in [0.15, 0.2) is 5.96 Å². The van der Waals surface area contributed by atoms with Gasteiger partial charge in [0.2, 0.25) is 0 Å². The van der Waals surface area contributed by atoms with Crippen molar-refractivity contribution in [2.75, 3.05) is 6.54 Å². The van der Waals surface area contributed by atoms with E-state index in [-0.39, 0.29) is 35.8 Å². The van der Waals surface area contributed by atoms with Crippen molar-refractivity contribution in [2.24, 2.45) is 4.99 Å². The molecule has 2 N–H and O–H groups in total. The van der Waals surface area contributed by atoms with E-state index in [1.54, 1.807) is 12.1 Å². The van der Waals surface area contributed by atoms with Gasteiger partial charge in [-0.25, -0.2) is 9.38 Å². The molecule has 3 nitrogen and oxygen atoms in total. The van der Waals surface area contributed by atoms with E-state index >= 15 is 0 Å². The van der Waals surface area contributed by atoms with E-state index < -0.39 is 0 Å². The number of rotatable bonds is 5. The second-order valence-electron chi connectivity index (χ2n) is 5.06. The Hall–Kier alpha value is -1.63. The molecule has 2 aromatic rings. The molecule has 0 radical (unpaired) electrons. The van der Waals surface area contributed by atoms with Gasteiger partial charge in [0.25, 0.3) is 0 Å². The molecular formula is C18H23FIN3. The number of benzene rings is 2. The lowest BCUT2D eigenvalue weighted by Gasteiger charge is -2.18. The molecule has 0 bridgehead atoms. The van der Waals surface area contributed by atoms with Crippen molar-refractivity contribution in [1.82, 2.24) is 10.6 Å². The fourth-order valence-corrected chi connectivity index (χ4v) is 2.14. The maximum Gasteiger partial charge on any atom is 0.192 e. The summed E-state index contributed by atoms with van der Waals surface area (Å²) in [7, 11) is 0. The largest absolute Gasteiger partial charge is 0.357 e. The monoisotopic (exact) mass is 427 g/mol. The zero-order valence-electron chi connectivity index (χ0n) is 13.4. The highest BCUT2D eigenvalue weighted by molar-refractivity contribution is 14.0. The van der Waals surface area contributed by atoms with Gasteiger partial charge < -0.3 is 10.6 Å². The van der Waals surface area contributed by atoms with Crippen molar-refractivity contribution < 1.29 is 4.39 Å². The molecule has 124 valence electrons. The number of guanidine groups is 1. The topological polar surface area (TPSA) is 36.4 Å². The van der Waals surface area contributed by atoms with Gasteiger partial charge in [0.1, 0.15) is 5.82 Å². The highest BCUT2D eigenvalue weighted by Crippen LogP contribution is 2.11. The molecule has 0 aliphatic rings. The first-order chi connectivity index (χ1) is 10.7. The van der Waals surface area contributed by atoms with Gasteiger partial charge in [-0.15, -0.1) is 24.0 Å². The van der Waals surface area contributed by atoms with Crippen molar-refractivity contribution in [3.8, 4) is 0 Å². The minimum Gasteiger partial charge on any atom is -0.357 e. The molecule has 0 saturated heterocycles. The SMILES string of the molecule is CCNC(=NCc1ccccc1F)NC(C)c1ccccc1.I. The average molecular weight is 427 g/mol. The third-order valence-electron chi connectivity index (χ3n) is 3.36. The molecule has 23 heavy (non-hydrogen) atoms. The maximum absolute atomic E-state index is 13.6. The zero-order valence-corrected chi connectivity index (χ0v) is 15.8. The van der Waals surface area contributed by atoms with Crippen molar-refractivity contribution in [2.45, 2.75) is 26.4 Å². The van der Waals surface area contributed by atoms with Crippen LogP contribution in [0.1, 0.15) is 31.0 Å². The Balaban J connectivity index is 0.00000264. The maximum atomic E-state index is 13.6. The van der Waals surface area contributed by atoms with Gasteiger partial charge in [-0.3, -0.25) is 0 Å². The van der Waals surface area contributed by atoms with E-state index in [9.17, 15) is 4.39 Å². The molecule has 1 unspecified atom stereocenters. The lowest BCUT2D eigenvalue weighted by atomic mass is 10.1. The van der Waals surface area contributed by atoms with E-state index in [1.807, 2.05) is 31.2 Å². The van der Waals surface area contributed by atoms with Crippen molar-refractivity contribution in [1.29, 1.82) is 0 Å². The molecule has 0 fully saturated rings. The van der Waals surface area contributed by atoms with E-state index in [2.05, 4.69) is 34.7 Å². The second-order valence-corrected chi connectivity index (χ2v) is 5.06. The van der Waals surface area contributed by atoms with E-state index in [4.69, 9.17) is 0 Å². The summed E-state index contributed by atoms with van der Waals surface area (Å²) >= 11 is 0. The fourth-order valence-electron chi connectivity index (χ4n) is 2.14. The molecule has 2 rings (SSSR count). The van der Waals surface area contributed by atoms with E-state index in [0.717, 1.165) is 6.54 Å². The molecule has 0 spiro atoms. The van der Waals surface area contributed by atoms with Crippen LogP contribution in [0.25, 0.3) is 0 Å². The summed E-state index contributed by atoms with van der Waals surface area (Å²) in [4.78, 5) is 4.46. The Morgan fingerprint density at radius 1 is 1.09 bits per heavy atom. The van der Waals surface area contributed by atoms with Crippen LogP contribution in [-0.2, 0) is 6.54 Å². The van der Waals surface area contributed by atoms with Crippen LogP contribution in [0.4, 0.5) is 4.39 Å². The quantitative estimate of drug-likeness (QED) is 0.425. The van der Waals surface area contributed by atoms with Gasteiger partial charge >= 0.3 is 0 Å².